The van der Waals surface area contributed by atoms with Crippen LogP contribution >= 0.6 is 15.9 Å². The first-order valence-electron chi connectivity index (χ1n) is 6.52. The van der Waals surface area contributed by atoms with Crippen LogP contribution in [-0.4, -0.2) is 20.1 Å². The fourth-order valence-corrected chi connectivity index (χ4v) is 4.37. The van der Waals surface area contributed by atoms with Crippen molar-refractivity contribution in [2.45, 2.75) is 37.2 Å². The maximum absolute atomic E-state index is 14.0. The number of rotatable bonds is 5. The lowest BCUT2D eigenvalue weighted by atomic mass is 10.1. The Morgan fingerprint density at radius 1 is 1.35 bits per heavy atom. The summed E-state index contributed by atoms with van der Waals surface area (Å²) in [6.45, 7) is -0.209. The lowest BCUT2D eigenvalue weighted by molar-refractivity contribution is 0.274. The van der Waals surface area contributed by atoms with E-state index in [4.69, 9.17) is 5.11 Å². The number of aliphatic hydroxyl groups is 1. The molecule has 112 valence electrons. The van der Waals surface area contributed by atoms with Crippen LogP contribution in [0.2, 0.25) is 0 Å². The van der Waals surface area contributed by atoms with Gasteiger partial charge >= 0.3 is 0 Å². The second kappa shape index (κ2) is 6.51. The number of hydrogen-bond acceptors (Lipinski definition) is 3. The third-order valence-electron chi connectivity index (χ3n) is 3.58. The predicted molar refractivity (Wildman–Crippen MR) is 77.2 cm³/mol. The summed E-state index contributed by atoms with van der Waals surface area (Å²) in [4.78, 5) is -0.422. The molecule has 0 aliphatic heterocycles. The fourth-order valence-electron chi connectivity index (χ4n) is 2.45. The second-order valence-electron chi connectivity index (χ2n) is 5.04. The monoisotopic (exact) mass is 365 g/mol. The van der Waals surface area contributed by atoms with Crippen LogP contribution < -0.4 is 4.72 Å². The SMILES string of the molecule is O=S(=O)(NCC1CCCC1)c1cc(Br)cc(CO)c1F. The minimum absolute atomic E-state index is 0.0411. The Balaban J connectivity index is 2.22. The molecule has 1 saturated carbocycles. The van der Waals surface area contributed by atoms with Gasteiger partial charge in [-0.3, -0.25) is 0 Å². The van der Waals surface area contributed by atoms with E-state index in [1.165, 1.54) is 12.1 Å². The zero-order chi connectivity index (χ0) is 14.8. The first-order valence-corrected chi connectivity index (χ1v) is 8.80. The highest BCUT2D eigenvalue weighted by Crippen LogP contribution is 2.26. The van der Waals surface area contributed by atoms with Crippen molar-refractivity contribution >= 4 is 26.0 Å². The Labute approximate surface area is 126 Å². The van der Waals surface area contributed by atoms with Gasteiger partial charge in [0.2, 0.25) is 10.0 Å². The molecule has 0 saturated heterocycles. The van der Waals surface area contributed by atoms with Crippen LogP contribution in [0.25, 0.3) is 0 Å². The summed E-state index contributed by atoms with van der Waals surface area (Å²) >= 11 is 3.13. The molecule has 0 heterocycles. The molecule has 2 rings (SSSR count). The average molecular weight is 366 g/mol. The molecule has 7 heteroatoms. The molecule has 0 atom stereocenters. The standard InChI is InChI=1S/C13H17BrFNO3S/c14-11-5-10(8-17)13(15)12(6-11)20(18,19)16-7-9-3-1-2-4-9/h5-6,9,16-17H,1-4,7-8H2. The zero-order valence-electron chi connectivity index (χ0n) is 10.9. The van der Waals surface area contributed by atoms with Crippen molar-refractivity contribution < 1.29 is 17.9 Å². The number of benzene rings is 1. The molecule has 0 radical (unpaired) electrons. The van der Waals surface area contributed by atoms with Crippen LogP contribution in [0.15, 0.2) is 21.5 Å². The lowest BCUT2D eigenvalue weighted by Gasteiger charge is -2.13. The Morgan fingerprint density at radius 3 is 2.60 bits per heavy atom. The maximum Gasteiger partial charge on any atom is 0.243 e. The van der Waals surface area contributed by atoms with Gasteiger partial charge in [0.25, 0.3) is 0 Å². The van der Waals surface area contributed by atoms with E-state index < -0.39 is 27.3 Å². The number of nitrogens with one attached hydrogen (secondary N) is 1. The minimum atomic E-state index is -3.90. The van der Waals surface area contributed by atoms with Crippen molar-refractivity contribution in [3.05, 3.63) is 28.0 Å². The number of aliphatic hydroxyl groups excluding tert-OH is 1. The van der Waals surface area contributed by atoms with E-state index in [0.29, 0.717) is 16.9 Å². The smallest absolute Gasteiger partial charge is 0.243 e. The van der Waals surface area contributed by atoms with Gasteiger partial charge in [0.1, 0.15) is 10.7 Å². The normalized spacial score (nSPS) is 16.8. The Kier molecular flexibility index (Phi) is 5.17. The van der Waals surface area contributed by atoms with E-state index in [1.54, 1.807) is 0 Å². The van der Waals surface area contributed by atoms with Gasteiger partial charge in [0.15, 0.2) is 0 Å². The molecule has 2 N–H and O–H groups in total. The molecule has 0 amide bonds. The van der Waals surface area contributed by atoms with Crippen LogP contribution in [0.3, 0.4) is 0 Å². The lowest BCUT2D eigenvalue weighted by Crippen LogP contribution is -2.29. The Bertz CT molecular complexity index is 586. The summed E-state index contributed by atoms with van der Waals surface area (Å²) in [5, 5.41) is 9.06. The minimum Gasteiger partial charge on any atom is -0.392 e. The number of hydrogen-bond donors (Lipinski definition) is 2. The first-order chi connectivity index (χ1) is 9.44. The fraction of sp³-hybridized carbons (Fsp3) is 0.538. The van der Waals surface area contributed by atoms with Crippen molar-refractivity contribution in [1.82, 2.24) is 4.72 Å². The first kappa shape index (κ1) is 15.9. The maximum atomic E-state index is 14.0. The van der Waals surface area contributed by atoms with Gasteiger partial charge in [0, 0.05) is 16.6 Å². The van der Waals surface area contributed by atoms with E-state index in [2.05, 4.69) is 20.7 Å². The Morgan fingerprint density at radius 2 is 2.00 bits per heavy atom. The predicted octanol–water partition coefficient (Wildman–Crippen LogP) is 2.55. The highest BCUT2D eigenvalue weighted by molar-refractivity contribution is 9.10. The van der Waals surface area contributed by atoms with Gasteiger partial charge in [-0.1, -0.05) is 28.8 Å². The van der Waals surface area contributed by atoms with E-state index in [0.717, 1.165) is 25.7 Å². The van der Waals surface area contributed by atoms with Crippen molar-refractivity contribution in [1.29, 1.82) is 0 Å². The van der Waals surface area contributed by atoms with E-state index >= 15 is 0 Å². The highest BCUT2D eigenvalue weighted by Gasteiger charge is 2.24. The summed E-state index contributed by atoms with van der Waals surface area (Å²) in [6, 6.07) is 2.58. The molecule has 0 unspecified atom stereocenters. The molecule has 0 spiro atoms. The van der Waals surface area contributed by atoms with Crippen LogP contribution in [0.1, 0.15) is 31.2 Å². The average Bonchev–Trinajstić information content (AvgIpc) is 2.92. The number of sulfonamides is 1. The van der Waals surface area contributed by atoms with Crippen molar-refractivity contribution in [3.8, 4) is 0 Å². The Hall–Kier alpha value is -0.500. The van der Waals surface area contributed by atoms with Gasteiger partial charge in [-0.25, -0.2) is 17.5 Å². The van der Waals surface area contributed by atoms with Crippen molar-refractivity contribution in [3.63, 3.8) is 0 Å². The van der Waals surface area contributed by atoms with E-state index in [-0.39, 0.29) is 5.56 Å². The van der Waals surface area contributed by atoms with Gasteiger partial charge < -0.3 is 5.11 Å². The van der Waals surface area contributed by atoms with Crippen LogP contribution in [0.5, 0.6) is 0 Å². The molecule has 1 aliphatic rings. The molecule has 1 fully saturated rings. The van der Waals surface area contributed by atoms with Crippen molar-refractivity contribution in [2.75, 3.05) is 6.54 Å². The molecule has 0 aromatic heterocycles. The molecular weight excluding hydrogens is 349 g/mol. The molecular formula is C13H17BrFNO3S. The second-order valence-corrected chi connectivity index (χ2v) is 7.69. The molecule has 1 aromatic carbocycles. The van der Waals surface area contributed by atoms with E-state index in [9.17, 15) is 12.8 Å². The summed E-state index contributed by atoms with van der Waals surface area (Å²) in [6.07, 6.45) is 4.25. The summed E-state index contributed by atoms with van der Waals surface area (Å²) < 4.78 is 41.3. The van der Waals surface area contributed by atoms with Gasteiger partial charge in [-0.2, -0.15) is 0 Å². The van der Waals surface area contributed by atoms with Crippen LogP contribution in [-0.2, 0) is 16.6 Å². The summed E-state index contributed by atoms with van der Waals surface area (Å²) in [5.74, 6) is -0.563. The molecule has 20 heavy (non-hydrogen) atoms. The third kappa shape index (κ3) is 3.58. The topological polar surface area (TPSA) is 66.4 Å². The molecule has 0 bridgehead atoms. The third-order valence-corrected chi connectivity index (χ3v) is 5.46. The molecule has 4 nitrogen and oxygen atoms in total. The summed E-state index contributed by atoms with van der Waals surface area (Å²) in [7, 11) is -3.90. The summed E-state index contributed by atoms with van der Waals surface area (Å²) in [5.41, 5.74) is -0.0411. The van der Waals surface area contributed by atoms with Gasteiger partial charge in [0.05, 0.1) is 6.61 Å². The molecule has 1 aliphatic carbocycles. The van der Waals surface area contributed by atoms with Crippen molar-refractivity contribution in [2.24, 2.45) is 5.92 Å². The quantitative estimate of drug-likeness (QED) is 0.842. The molecule has 1 aromatic rings. The number of halogens is 2. The highest BCUT2D eigenvalue weighted by atomic mass is 79.9. The zero-order valence-corrected chi connectivity index (χ0v) is 13.3. The van der Waals surface area contributed by atoms with Gasteiger partial charge in [-0.15, -0.1) is 0 Å². The van der Waals surface area contributed by atoms with Crippen LogP contribution in [0.4, 0.5) is 4.39 Å². The van der Waals surface area contributed by atoms with E-state index in [1.807, 2.05) is 0 Å². The largest absolute Gasteiger partial charge is 0.392 e. The van der Waals surface area contributed by atoms with Gasteiger partial charge in [-0.05, 0) is 30.9 Å². The van der Waals surface area contributed by atoms with Crippen LogP contribution in [0, 0.1) is 11.7 Å².